The fraction of sp³-hybridized carbons (Fsp3) is 0.440. The van der Waals surface area contributed by atoms with Gasteiger partial charge in [0.25, 0.3) is 0 Å². The van der Waals surface area contributed by atoms with Crippen LogP contribution in [-0.2, 0) is 26.2 Å². The number of sulfonamides is 1. The normalized spacial score (nSPS) is 13.7. The summed E-state index contributed by atoms with van der Waals surface area (Å²) >= 11 is 12.2. The van der Waals surface area contributed by atoms with Crippen molar-refractivity contribution in [2.24, 2.45) is 0 Å². The third-order valence-corrected chi connectivity index (χ3v) is 7.42. The Balaban J connectivity index is 1.98. The molecular weight excluding hydrogens is 541 g/mol. The lowest BCUT2D eigenvalue weighted by atomic mass is 10.1. The van der Waals surface area contributed by atoms with Gasteiger partial charge in [-0.1, -0.05) is 36.2 Å². The minimum absolute atomic E-state index is 0.0184. The number of anilines is 1. The number of halogens is 2. The van der Waals surface area contributed by atoms with Crippen molar-refractivity contribution < 1.29 is 27.5 Å². The molecule has 0 saturated carbocycles. The summed E-state index contributed by atoms with van der Waals surface area (Å²) in [6, 6.07) is 8.68. The van der Waals surface area contributed by atoms with Gasteiger partial charge in [-0.25, -0.2) is 8.42 Å². The predicted molar refractivity (Wildman–Crippen MR) is 144 cm³/mol. The number of carbonyl (C=O) groups excluding carboxylic acids is 2. The number of hydrogen-bond donors (Lipinski definition) is 1. The van der Waals surface area contributed by atoms with Crippen LogP contribution in [0.1, 0.15) is 39.7 Å². The maximum Gasteiger partial charge on any atom is 0.244 e. The summed E-state index contributed by atoms with van der Waals surface area (Å²) in [5, 5.41) is 3.57. The minimum atomic E-state index is -3.88. The summed E-state index contributed by atoms with van der Waals surface area (Å²) in [4.78, 5) is 28.3. The van der Waals surface area contributed by atoms with Crippen LogP contribution < -0.4 is 19.1 Å². The van der Waals surface area contributed by atoms with E-state index >= 15 is 0 Å². The molecule has 2 aromatic rings. The van der Waals surface area contributed by atoms with Crippen molar-refractivity contribution in [1.82, 2.24) is 10.2 Å². The van der Waals surface area contributed by atoms with E-state index in [-0.39, 0.29) is 24.9 Å². The highest BCUT2D eigenvalue weighted by molar-refractivity contribution is 7.92. The molecule has 9 nitrogen and oxygen atoms in total. The fourth-order valence-corrected chi connectivity index (χ4v) is 5.02. The second-order valence-electron chi connectivity index (χ2n) is 9.74. The number of nitrogens with zero attached hydrogens (tertiary/aromatic N) is 2. The number of rotatable bonds is 9. The van der Waals surface area contributed by atoms with Crippen LogP contribution in [0.25, 0.3) is 0 Å². The van der Waals surface area contributed by atoms with Gasteiger partial charge in [-0.15, -0.1) is 0 Å². The standard InChI is InChI=1S/C25H31Cl2N3O6S/c1-6-20(24(32)28-25(2,3)4)29(13-16-7-9-18(26)19(27)11-16)23(31)14-30(37(5,33)34)17-8-10-21-22(12-17)36-15-35-21/h7-12,20H,6,13-15H2,1-5H3,(H,28,32)/t20-/m0/s1. The second-order valence-corrected chi connectivity index (χ2v) is 12.5. The fourth-order valence-electron chi connectivity index (χ4n) is 3.86. The van der Waals surface area contributed by atoms with E-state index in [9.17, 15) is 18.0 Å². The van der Waals surface area contributed by atoms with Crippen molar-refractivity contribution in [1.29, 1.82) is 0 Å². The summed E-state index contributed by atoms with van der Waals surface area (Å²) in [5.74, 6) is -0.0561. The molecule has 0 aliphatic carbocycles. The molecule has 3 rings (SSSR count). The lowest BCUT2D eigenvalue weighted by molar-refractivity contribution is -0.141. The molecule has 2 aromatic carbocycles. The summed E-state index contributed by atoms with van der Waals surface area (Å²) in [6.07, 6.45) is 1.32. The molecule has 1 N–H and O–H groups in total. The van der Waals surface area contributed by atoms with Crippen molar-refractivity contribution in [3.8, 4) is 11.5 Å². The third kappa shape index (κ3) is 7.43. The lowest BCUT2D eigenvalue weighted by Crippen LogP contribution is -2.55. The van der Waals surface area contributed by atoms with E-state index in [1.807, 2.05) is 20.8 Å². The molecule has 1 atom stereocenters. The van der Waals surface area contributed by atoms with Crippen molar-refractivity contribution in [3.63, 3.8) is 0 Å². The number of benzene rings is 2. The zero-order valence-electron chi connectivity index (χ0n) is 21.4. The van der Waals surface area contributed by atoms with E-state index in [4.69, 9.17) is 32.7 Å². The van der Waals surface area contributed by atoms with Crippen molar-refractivity contribution >= 4 is 50.7 Å². The van der Waals surface area contributed by atoms with Gasteiger partial charge in [0.2, 0.25) is 28.6 Å². The molecule has 2 amide bonds. The number of ether oxygens (including phenoxy) is 2. The third-order valence-electron chi connectivity index (χ3n) is 5.54. The Hall–Kier alpha value is -2.69. The van der Waals surface area contributed by atoms with Gasteiger partial charge in [-0.05, 0) is 57.0 Å². The Morgan fingerprint density at radius 1 is 1.05 bits per heavy atom. The van der Waals surface area contributed by atoms with Crippen molar-refractivity contribution in [2.45, 2.75) is 52.2 Å². The number of nitrogens with one attached hydrogen (secondary N) is 1. The Kier molecular flexibility index (Phi) is 8.87. The van der Waals surface area contributed by atoms with E-state index in [0.717, 1.165) is 10.6 Å². The molecule has 0 bridgehead atoms. The Bertz CT molecular complexity index is 1280. The largest absolute Gasteiger partial charge is 0.454 e. The molecule has 1 heterocycles. The highest BCUT2D eigenvalue weighted by Crippen LogP contribution is 2.36. The zero-order chi connectivity index (χ0) is 27.5. The Morgan fingerprint density at radius 2 is 1.73 bits per heavy atom. The summed E-state index contributed by atoms with van der Waals surface area (Å²) < 4.78 is 37.2. The first kappa shape index (κ1) is 28.9. The van der Waals surface area contributed by atoms with Crippen LogP contribution in [-0.4, -0.2) is 56.3 Å². The maximum absolute atomic E-state index is 13.8. The van der Waals surface area contributed by atoms with Gasteiger partial charge in [0, 0.05) is 18.2 Å². The van der Waals surface area contributed by atoms with E-state index in [2.05, 4.69) is 5.32 Å². The summed E-state index contributed by atoms with van der Waals surface area (Å²) in [7, 11) is -3.88. The van der Waals surface area contributed by atoms with Gasteiger partial charge in [-0.2, -0.15) is 0 Å². The molecule has 1 aliphatic rings. The first-order valence-corrected chi connectivity index (χ1v) is 14.2. The van der Waals surface area contributed by atoms with Gasteiger partial charge >= 0.3 is 0 Å². The SMILES string of the molecule is CC[C@@H](C(=O)NC(C)(C)C)N(Cc1ccc(Cl)c(Cl)c1)C(=O)CN(c1ccc2c(c1)OCO2)S(C)(=O)=O. The summed E-state index contributed by atoms with van der Waals surface area (Å²) in [5.41, 5.74) is 0.342. The highest BCUT2D eigenvalue weighted by Gasteiger charge is 2.33. The molecule has 12 heteroatoms. The van der Waals surface area contributed by atoms with Gasteiger partial charge in [-0.3, -0.25) is 13.9 Å². The van der Waals surface area contributed by atoms with Crippen LogP contribution in [0.15, 0.2) is 36.4 Å². The van der Waals surface area contributed by atoms with Gasteiger partial charge in [0.05, 0.1) is 22.0 Å². The minimum Gasteiger partial charge on any atom is -0.454 e. The van der Waals surface area contributed by atoms with Crippen molar-refractivity contribution in [2.75, 3.05) is 23.9 Å². The molecule has 0 fully saturated rings. The van der Waals surface area contributed by atoms with Crippen LogP contribution in [0.2, 0.25) is 10.0 Å². The lowest BCUT2D eigenvalue weighted by Gasteiger charge is -2.34. The molecule has 0 spiro atoms. The predicted octanol–water partition coefficient (Wildman–Crippen LogP) is 4.21. The van der Waals surface area contributed by atoms with E-state index in [0.29, 0.717) is 33.5 Å². The quantitative estimate of drug-likeness (QED) is 0.483. The molecule has 1 aliphatic heterocycles. The van der Waals surface area contributed by atoms with Gasteiger partial charge in [0.1, 0.15) is 12.6 Å². The Labute approximate surface area is 227 Å². The zero-order valence-corrected chi connectivity index (χ0v) is 23.7. The number of carbonyl (C=O) groups is 2. The molecular formula is C25H31Cl2N3O6S. The highest BCUT2D eigenvalue weighted by atomic mass is 35.5. The molecule has 37 heavy (non-hydrogen) atoms. The van der Waals surface area contributed by atoms with E-state index < -0.39 is 34.1 Å². The van der Waals surface area contributed by atoms with Crippen LogP contribution in [0, 0.1) is 0 Å². The Morgan fingerprint density at radius 3 is 2.32 bits per heavy atom. The molecule has 202 valence electrons. The van der Waals surface area contributed by atoms with Crippen LogP contribution >= 0.6 is 23.2 Å². The van der Waals surface area contributed by atoms with Crippen molar-refractivity contribution in [3.05, 3.63) is 52.0 Å². The number of fused-ring (bicyclic) bond motifs is 1. The van der Waals surface area contributed by atoms with Crippen LogP contribution in [0.5, 0.6) is 11.5 Å². The maximum atomic E-state index is 13.8. The first-order valence-electron chi connectivity index (χ1n) is 11.6. The molecule has 0 saturated heterocycles. The smallest absolute Gasteiger partial charge is 0.244 e. The van der Waals surface area contributed by atoms with Gasteiger partial charge in [0.15, 0.2) is 11.5 Å². The van der Waals surface area contributed by atoms with Gasteiger partial charge < -0.3 is 19.7 Å². The van der Waals surface area contributed by atoms with E-state index in [1.54, 1.807) is 31.2 Å². The number of hydrogen-bond acceptors (Lipinski definition) is 6. The molecule has 0 unspecified atom stereocenters. The topological polar surface area (TPSA) is 105 Å². The first-order chi connectivity index (χ1) is 17.2. The summed E-state index contributed by atoms with van der Waals surface area (Å²) in [6.45, 7) is 6.82. The molecule has 0 radical (unpaired) electrons. The second kappa shape index (κ2) is 11.4. The van der Waals surface area contributed by atoms with Crippen LogP contribution in [0.4, 0.5) is 5.69 Å². The van der Waals surface area contributed by atoms with Crippen LogP contribution in [0.3, 0.4) is 0 Å². The molecule has 0 aromatic heterocycles. The number of amides is 2. The average Bonchev–Trinajstić information content (AvgIpc) is 3.25. The average molecular weight is 573 g/mol. The monoisotopic (exact) mass is 571 g/mol. The van der Waals surface area contributed by atoms with E-state index in [1.165, 1.54) is 17.0 Å².